The quantitative estimate of drug-likeness (QED) is 0.662. The van der Waals surface area contributed by atoms with E-state index in [1.807, 2.05) is 29.7 Å². The van der Waals surface area contributed by atoms with Crippen LogP contribution in [-0.2, 0) is 17.9 Å². The van der Waals surface area contributed by atoms with Gasteiger partial charge in [-0.2, -0.15) is 5.26 Å². The Labute approximate surface area is 178 Å². The van der Waals surface area contributed by atoms with Crippen LogP contribution in [0, 0.1) is 18.3 Å². The van der Waals surface area contributed by atoms with Crippen LogP contribution in [0.25, 0.3) is 5.69 Å². The molecular weight excluding hydrogens is 396 g/mol. The van der Waals surface area contributed by atoms with Crippen LogP contribution in [0.3, 0.4) is 0 Å². The van der Waals surface area contributed by atoms with E-state index in [2.05, 4.69) is 11.1 Å². The lowest BCUT2D eigenvalue weighted by molar-refractivity contribution is -0.137. The van der Waals surface area contributed by atoms with Crippen molar-refractivity contribution in [1.29, 1.82) is 5.26 Å². The molecule has 0 spiro atoms. The lowest BCUT2D eigenvalue weighted by atomic mass is 10.1. The molecule has 0 radical (unpaired) electrons. The fourth-order valence-corrected chi connectivity index (χ4v) is 3.56. The number of aromatic nitrogens is 2. The van der Waals surface area contributed by atoms with Crippen LogP contribution in [0.1, 0.15) is 39.4 Å². The fraction of sp³-hybridized carbons (Fsp3) is 0.217. The molecule has 8 nitrogen and oxygen atoms in total. The van der Waals surface area contributed by atoms with E-state index in [1.165, 1.54) is 4.90 Å². The number of carboxylic acid groups (broad SMARTS) is 1. The van der Waals surface area contributed by atoms with Gasteiger partial charge in [-0.05, 0) is 42.8 Å². The molecule has 156 valence electrons. The van der Waals surface area contributed by atoms with Crippen molar-refractivity contribution < 1.29 is 19.4 Å². The molecule has 2 aromatic carbocycles. The number of aryl methyl sites for hydroxylation is 1. The van der Waals surface area contributed by atoms with Crippen molar-refractivity contribution >= 4 is 11.9 Å². The van der Waals surface area contributed by atoms with Crippen LogP contribution in [0.5, 0.6) is 5.75 Å². The third kappa shape index (κ3) is 4.12. The second kappa shape index (κ2) is 8.32. The molecule has 0 aliphatic carbocycles. The Hall–Kier alpha value is -4.12. The van der Waals surface area contributed by atoms with Crippen LogP contribution >= 0.6 is 0 Å². The van der Waals surface area contributed by atoms with Crippen LogP contribution in [-0.4, -0.2) is 38.0 Å². The smallest absolute Gasteiger partial charge is 0.305 e. The number of ether oxygens (including phenoxy) is 1. The van der Waals surface area contributed by atoms with E-state index < -0.39 is 5.97 Å². The van der Waals surface area contributed by atoms with Crippen LogP contribution < -0.4 is 4.74 Å². The van der Waals surface area contributed by atoms with Gasteiger partial charge >= 0.3 is 5.97 Å². The molecule has 0 saturated carbocycles. The summed E-state index contributed by atoms with van der Waals surface area (Å²) in [6.45, 7) is 2.52. The van der Waals surface area contributed by atoms with Gasteiger partial charge in [-0.15, -0.1) is 0 Å². The Morgan fingerprint density at radius 3 is 2.74 bits per heavy atom. The number of nitrogens with zero attached hydrogens (tertiary/aromatic N) is 4. The van der Waals surface area contributed by atoms with E-state index in [1.54, 1.807) is 30.5 Å². The summed E-state index contributed by atoms with van der Waals surface area (Å²) in [5, 5.41) is 18.0. The predicted octanol–water partition coefficient (Wildman–Crippen LogP) is 3.06. The molecule has 1 amide bonds. The molecular formula is C23H20N4O4. The molecule has 0 fully saturated rings. The molecule has 3 aromatic rings. The van der Waals surface area contributed by atoms with Crippen molar-refractivity contribution in [3.05, 3.63) is 76.9 Å². The molecule has 0 unspecified atom stereocenters. The molecule has 1 aliphatic rings. The van der Waals surface area contributed by atoms with Crippen molar-refractivity contribution in [2.75, 3.05) is 6.54 Å². The van der Waals surface area contributed by atoms with E-state index in [-0.39, 0.29) is 32.0 Å². The number of imidazole rings is 1. The lowest BCUT2D eigenvalue weighted by Crippen LogP contribution is -2.32. The Bertz CT molecular complexity index is 1190. The summed E-state index contributed by atoms with van der Waals surface area (Å²) in [6.07, 6.45) is 1.59. The number of nitriles is 1. The molecule has 8 heteroatoms. The summed E-state index contributed by atoms with van der Waals surface area (Å²) in [5.74, 6) is -0.0154. The maximum absolute atomic E-state index is 13.2. The average Bonchev–Trinajstić information content (AvgIpc) is 3.08. The van der Waals surface area contributed by atoms with Crippen molar-refractivity contribution in [3.63, 3.8) is 0 Å². The Morgan fingerprint density at radius 1 is 1.26 bits per heavy atom. The first-order valence-electron chi connectivity index (χ1n) is 9.77. The molecule has 0 atom stereocenters. The summed E-state index contributed by atoms with van der Waals surface area (Å²) in [6, 6.07) is 14.5. The highest BCUT2D eigenvalue weighted by Crippen LogP contribution is 2.29. The molecule has 1 aliphatic heterocycles. The molecule has 0 saturated heterocycles. The summed E-state index contributed by atoms with van der Waals surface area (Å²) in [5.41, 5.74) is 3.49. The minimum atomic E-state index is -0.962. The van der Waals surface area contributed by atoms with Crippen LogP contribution in [0.4, 0.5) is 0 Å². The zero-order valence-electron chi connectivity index (χ0n) is 16.9. The van der Waals surface area contributed by atoms with Gasteiger partial charge in [0.15, 0.2) is 0 Å². The predicted molar refractivity (Wildman–Crippen MR) is 111 cm³/mol. The van der Waals surface area contributed by atoms with Gasteiger partial charge in [0.05, 0.1) is 35.8 Å². The minimum Gasteiger partial charge on any atom is -0.489 e. The highest BCUT2D eigenvalue weighted by molar-refractivity contribution is 5.99. The standard InChI is InChI=1S/C23H20N4O4/c1-15-12-25-21-13-26(9-8-22(28)29)23(30)19-10-18(6-7-20(19)27(15)21)31-14-17-4-2-16(11-24)3-5-17/h2-7,10,12H,8-9,13-14H2,1H3,(H,28,29). The number of fused-ring (bicyclic) bond motifs is 3. The molecule has 2 heterocycles. The molecule has 31 heavy (non-hydrogen) atoms. The number of hydrogen-bond donors (Lipinski definition) is 1. The summed E-state index contributed by atoms with van der Waals surface area (Å²) in [7, 11) is 0. The van der Waals surface area contributed by atoms with Crippen molar-refractivity contribution in [3.8, 4) is 17.5 Å². The van der Waals surface area contributed by atoms with Crippen LogP contribution in [0.15, 0.2) is 48.7 Å². The number of amides is 1. The minimum absolute atomic E-state index is 0.0931. The Morgan fingerprint density at radius 2 is 2.03 bits per heavy atom. The summed E-state index contributed by atoms with van der Waals surface area (Å²) >= 11 is 0. The second-order valence-electron chi connectivity index (χ2n) is 7.30. The highest BCUT2D eigenvalue weighted by atomic mass is 16.5. The van der Waals surface area contributed by atoms with E-state index in [4.69, 9.17) is 15.1 Å². The van der Waals surface area contributed by atoms with Gasteiger partial charge in [0, 0.05) is 18.4 Å². The number of carboxylic acids is 1. The number of aliphatic carboxylic acids is 1. The van der Waals surface area contributed by atoms with Gasteiger partial charge in [0.1, 0.15) is 18.2 Å². The van der Waals surface area contributed by atoms with Crippen LogP contribution in [0.2, 0.25) is 0 Å². The number of carbonyl (C=O) groups is 2. The normalized spacial score (nSPS) is 12.5. The number of rotatable bonds is 6. The number of hydrogen-bond acceptors (Lipinski definition) is 5. The molecule has 4 rings (SSSR count). The highest BCUT2D eigenvalue weighted by Gasteiger charge is 2.28. The molecule has 1 N–H and O–H groups in total. The van der Waals surface area contributed by atoms with Gasteiger partial charge in [-0.3, -0.25) is 14.2 Å². The monoisotopic (exact) mass is 416 g/mol. The average molecular weight is 416 g/mol. The third-order valence-corrected chi connectivity index (χ3v) is 5.15. The van der Waals surface area contributed by atoms with E-state index in [9.17, 15) is 9.59 Å². The van der Waals surface area contributed by atoms with Gasteiger partial charge in [0.2, 0.25) is 0 Å². The van der Waals surface area contributed by atoms with Crippen molar-refractivity contribution in [1.82, 2.24) is 14.5 Å². The lowest BCUT2D eigenvalue weighted by Gasteiger charge is -2.19. The van der Waals surface area contributed by atoms with Gasteiger partial charge in [-0.1, -0.05) is 12.1 Å². The first kappa shape index (κ1) is 20.2. The van der Waals surface area contributed by atoms with E-state index >= 15 is 0 Å². The van der Waals surface area contributed by atoms with E-state index in [0.717, 1.165) is 11.3 Å². The first-order chi connectivity index (χ1) is 15.0. The van der Waals surface area contributed by atoms with Crippen molar-refractivity contribution in [2.45, 2.75) is 26.5 Å². The zero-order chi connectivity index (χ0) is 22.0. The Kier molecular flexibility index (Phi) is 5.41. The van der Waals surface area contributed by atoms with Gasteiger partial charge in [0.25, 0.3) is 5.91 Å². The second-order valence-corrected chi connectivity index (χ2v) is 7.30. The van der Waals surface area contributed by atoms with E-state index in [0.29, 0.717) is 28.4 Å². The number of carbonyl (C=O) groups excluding carboxylic acids is 1. The number of benzene rings is 2. The zero-order valence-corrected chi connectivity index (χ0v) is 16.9. The van der Waals surface area contributed by atoms with Crippen molar-refractivity contribution in [2.24, 2.45) is 0 Å². The summed E-state index contributed by atoms with van der Waals surface area (Å²) < 4.78 is 7.80. The maximum Gasteiger partial charge on any atom is 0.305 e. The topological polar surface area (TPSA) is 108 Å². The SMILES string of the molecule is Cc1cnc2n1-c1ccc(OCc3ccc(C#N)cc3)cc1C(=O)N(CCC(=O)O)C2. The fourth-order valence-electron chi connectivity index (χ4n) is 3.56. The van der Waals surface area contributed by atoms with Gasteiger partial charge < -0.3 is 14.7 Å². The first-order valence-corrected chi connectivity index (χ1v) is 9.77. The molecule has 0 bridgehead atoms. The Balaban J connectivity index is 1.64. The van der Waals surface area contributed by atoms with Gasteiger partial charge in [-0.25, -0.2) is 4.98 Å². The maximum atomic E-state index is 13.2. The summed E-state index contributed by atoms with van der Waals surface area (Å²) in [4.78, 5) is 30.2. The molecule has 1 aromatic heterocycles. The third-order valence-electron chi connectivity index (χ3n) is 5.15. The largest absolute Gasteiger partial charge is 0.489 e.